The van der Waals surface area contributed by atoms with E-state index in [0.29, 0.717) is 18.7 Å². The predicted octanol–water partition coefficient (Wildman–Crippen LogP) is 2.01. The summed E-state index contributed by atoms with van der Waals surface area (Å²) < 4.78 is 5.11. The average Bonchev–Trinajstić information content (AvgIpc) is 2.87. The number of carbonyl (C=O) groups excluding carboxylic acids is 2. The Morgan fingerprint density at radius 1 is 1.25 bits per heavy atom. The minimum absolute atomic E-state index is 0.0910. The van der Waals surface area contributed by atoms with Crippen LogP contribution >= 0.6 is 0 Å². The topological polar surface area (TPSA) is 97.1 Å². The summed E-state index contributed by atoms with van der Waals surface area (Å²) in [6, 6.07) is 3.42. The van der Waals surface area contributed by atoms with Crippen LogP contribution in [0, 0.1) is 19.8 Å². The molecule has 0 radical (unpaired) electrons. The van der Waals surface area contributed by atoms with E-state index in [4.69, 9.17) is 4.52 Å². The molecule has 2 aromatic heterocycles. The second-order valence-electron chi connectivity index (χ2n) is 5.73. The normalized spacial score (nSPS) is 11.8. The first-order valence-electron chi connectivity index (χ1n) is 7.86. The number of carbonyl (C=O) groups is 2. The zero-order valence-electron chi connectivity index (χ0n) is 14.1. The van der Waals surface area contributed by atoms with E-state index >= 15 is 0 Å². The molecule has 1 unspecified atom stereocenters. The third-order valence-corrected chi connectivity index (χ3v) is 3.75. The lowest BCUT2D eigenvalue weighted by molar-refractivity contribution is -0.124. The van der Waals surface area contributed by atoms with Gasteiger partial charge in [0, 0.05) is 42.5 Å². The lowest BCUT2D eigenvalue weighted by atomic mass is 9.99. The molecule has 2 heterocycles. The second-order valence-corrected chi connectivity index (χ2v) is 5.73. The van der Waals surface area contributed by atoms with Crippen LogP contribution in [0.25, 0.3) is 0 Å². The van der Waals surface area contributed by atoms with E-state index in [0.717, 1.165) is 17.0 Å². The highest BCUT2D eigenvalue weighted by atomic mass is 16.5. The third-order valence-electron chi connectivity index (χ3n) is 3.75. The average molecular weight is 330 g/mol. The summed E-state index contributed by atoms with van der Waals surface area (Å²) in [4.78, 5) is 27.8. The van der Waals surface area contributed by atoms with Gasteiger partial charge in [0.1, 0.15) is 5.76 Å². The van der Waals surface area contributed by atoms with Gasteiger partial charge in [-0.3, -0.25) is 14.6 Å². The van der Waals surface area contributed by atoms with Gasteiger partial charge >= 0.3 is 0 Å². The fourth-order valence-electron chi connectivity index (χ4n) is 2.32. The van der Waals surface area contributed by atoms with Crippen molar-refractivity contribution >= 4 is 17.5 Å². The quantitative estimate of drug-likeness (QED) is 0.809. The maximum Gasteiger partial charge on any atom is 0.226 e. The van der Waals surface area contributed by atoms with Crippen molar-refractivity contribution in [3.8, 4) is 0 Å². The molecule has 2 rings (SSSR count). The lowest BCUT2D eigenvalue weighted by Crippen LogP contribution is -2.32. The molecule has 7 heteroatoms. The van der Waals surface area contributed by atoms with Crippen LogP contribution in [0.4, 0.5) is 5.69 Å². The maximum atomic E-state index is 12.1. The van der Waals surface area contributed by atoms with Crippen LogP contribution < -0.4 is 10.6 Å². The van der Waals surface area contributed by atoms with E-state index in [1.807, 2.05) is 20.8 Å². The molecule has 2 aromatic rings. The molecule has 2 amide bonds. The molecule has 1 atom stereocenters. The van der Waals surface area contributed by atoms with Gasteiger partial charge in [0.25, 0.3) is 0 Å². The number of rotatable bonds is 7. The summed E-state index contributed by atoms with van der Waals surface area (Å²) >= 11 is 0. The van der Waals surface area contributed by atoms with E-state index in [2.05, 4.69) is 20.8 Å². The van der Waals surface area contributed by atoms with Gasteiger partial charge in [-0.2, -0.15) is 0 Å². The monoisotopic (exact) mass is 330 g/mol. The van der Waals surface area contributed by atoms with Crippen LogP contribution in [0.5, 0.6) is 0 Å². The smallest absolute Gasteiger partial charge is 0.226 e. The summed E-state index contributed by atoms with van der Waals surface area (Å²) in [5.74, 6) is 0.278. The molecule has 0 aromatic carbocycles. The first-order valence-corrected chi connectivity index (χ1v) is 7.86. The predicted molar refractivity (Wildman–Crippen MR) is 89.3 cm³/mol. The first kappa shape index (κ1) is 17.7. The maximum absolute atomic E-state index is 12.1. The molecule has 24 heavy (non-hydrogen) atoms. The third kappa shape index (κ3) is 4.91. The summed E-state index contributed by atoms with van der Waals surface area (Å²) in [6.07, 6.45) is 3.99. The molecule has 0 aliphatic rings. The Hall–Kier alpha value is -2.70. The molecule has 2 N–H and O–H groups in total. The van der Waals surface area contributed by atoms with E-state index < -0.39 is 0 Å². The van der Waals surface area contributed by atoms with Gasteiger partial charge in [0.15, 0.2) is 0 Å². The number of nitrogens with one attached hydrogen (secondary N) is 2. The van der Waals surface area contributed by atoms with Crippen LogP contribution in [0.15, 0.2) is 29.0 Å². The van der Waals surface area contributed by atoms with Crippen molar-refractivity contribution in [2.75, 3.05) is 11.9 Å². The van der Waals surface area contributed by atoms with Crippen molar-refractivity contribution < 1.29 is 14.1 Å². The zero-order chi connectivity index (χ0) is 17.5. The van der Waals surface area contributed by atoms with Crippen LogP contribution in [-0.2, 0) is 16.0 Å². The SMILES string of the molecule is Cc1noc(C)c1CC(C)C(=O)NCCC(=O)Nc1ccncc1. The second kappa shape index (κ2) is 8.24. The molecule has 0 aliphatic heterocycles. The van der Waals surface area contributed by atoms with Gasteiger partial charge in [0.2, 0.25) is 11.8 Å². The minimum atomic E-state index is -0.218. The van der Waals surface area contributed by atoms with Gasteiger partial charge in [-0.15, -0.1) is 0 Å². The molecule has 0 saturated heterocycles. The van der Waals surface area contributed by atoms with Crippen molar-refractivity contribution in [2.45, 2.75) is 33.6 Å². The first-order chi connectivity index (χ1) is 11.5. The highest BCUT2D eigenvalue weighted by Gasteiger charge is 2.18. The van der Waals surface area contributed by atoms with Crippen molar-refractivity contribution in [1.29, 1.82) is 0 Å². The highest BCUT2D eigenvalue weighted by Crippen LogP contribution is 2.17. The number of anilines is 1. The van der Waals surface area contributed by atoms with Gasteiger partial charge < -0.3 is 15.2 Å². The number of hydrogen-bond donors (Lipinski definition) is 2. The molecular formula is C17H22N4O3. The van der Waals surface area contributed by atoms with E-state index in [1.54, 1.807) is 24.5 Å². The summed E-state index contributed by atoms with van der Waals surface area (Å²) in [5, 5.41) is 9.42. The van der Waals surface area contributed by atoms with Crippen LogP contribution in [0.1, 0.15) is 30.4 Å². The fraction of sp³-hybridized carbons (Fsp3) is 0.412. The van der Waals surface area contributed by atoms with Gasteiger partial charge in [-0.25, -0.2) is 0 Å². The van der Waals surface area contributed by atoms with E-state index in [9.17, 15) is 9.59 Å². The molecule has 0 fully saturated rings. The number of aromatic nitrogens is 2. The molecule has 7 nitrogen and oxygen atoms in total. The number of hydrogen-bond acceptors (Lipinski definition) is 5. The number of nitrogens with zero attached hydrogens (tertiary/aromatic N) is 2. The molecule has 0 bridgehead atoms. The molecule has 0 saturated carbocycles. The minimum Gasteiger partial charge on any atom is -0.361 e. The Bertz CT molecular complexity index is 678. The van der Waals surface area contributed by atoms with Crippen molar-refractivity contribution in [3.63, 3.8) is 0 Å². The Kier molecular flexibility index (Phi) is 6.06. The largest absolute Gasteiger partial charge is 0.361 e. The molecule has 0 aliphatic carbocycles. The van der Waals surface area contributed by atoms with Gasteiger partial charge in [-0.05, 0) is 32.4 Å². The van der Waals surface area contributed by atoms with Crippen LogP contribution in [0.2, 0.25) is 0 Å². The van der Waals surface area contributed by atoms with Gasteiger partial charge in [0.05, 0.1) is 5.69 Å². The molecular weight excluding hydrogens is 308 g/mol. The van der Waals surface area contributed by atoms with Gasteiger partial charge in [-0.1, -0.05) is 12.1 Å². The Morgan fingerprint density at radius 3 is 2.58 bits per heavy atom. The summed E-state index contributed by atoms with van der Waals surface area (Å²) in [5.41, 5.74) is 2.46. The number of pyridine rings is 1. The Morgan fingerprint density at radius 2 is 1.96 bits per heavy atom. The lowest BCUT2D eigenvalue weighted by Gasteiger charge is -2.12. The standard InChI is InChI=1S/C17H22N4O3/c1-11(10-15-12(2)21-24-13(15)3)17(23)19-9-6-16(22)20-14-4-7-18-8-5-14/h4-5,7-8,11H,6,9-10H2,1-3H3,(H,19,23)(H,18,20,22). The molecule has 0 spiro atoms. The Labute approximate surface area is 140 Å². The summed E-state index contributed by atoms with van der Waals surface area (Å²) in [6.45, 7) is 5.84. The van der Waals surface area contributed by atoms with E-state index in [-0.39, 0.29) is 24.2 Å². The van der Waals surface area contributed by atoms with Crippen molar-refractivity contribution in [2.24, 2.45) is 5.92 Å². The number of aryl methyl sites for hydroxylation is 2. The highest BCUT2D eigenvalue weighted by molar-refractivity contribution is 5.91. The Balaban J connectivity index is 1.73. The fourth-order valence-corrected chi connectivity index (χ4v) is 2.32. The van der Waals surface area contributed by atoms with Crippen molar-refractivity contribution in [1.82, 2.24) is 15.5 Å². The van der Waals surface area contributed by atoms with Crippen LogP contribution in [-0.4, -0.2) is 28.5 Å². The van der Waals surface area contributed by atoms with E-state index in [1.165, 1.54) is 0 Å². The molecule has 128 valence electrons. The number of amides is 2. The van der Waals surface area contributed by atoms with Crippen molar-refractivity contribution in [3.05, 3.63) is 41.5 Å². The summed E-state index contributed by atoms with van der Waals surface area (Å²) in [7, 11) is 0. The van der Waals surface area contributed by atoms with Crippen LogP contribution in [0.3, 0.4) is 0 Å². The zero-order valence-corrected chi connectivity index (χ0v) is 14.1.